The lowest BCUT2D eigenvalue weighted by atomic mass is 9.85. The second kappa shape index (κ2) is 3.81. The molecule has 0 saturated carbocycles. The highest BCUT2D eigenvalue weighted by atomic mass is 32.1. The molecular weight excluding hydrogens is 239 g/mol. The van der Waals surface area contributed by atoms with E-state index < -0.39 is 5.97 Å². The zero-order valence-corrected chi connectivity index (χ0v) is 10.7. The second-order valence-corrected chi connectivity index (χ2v) is 6.00. The van der Waals surface area contributed by atoms with Crippen LogP contribution in [-0.4, -0.2) is 11.1 Å². The first kappa shape index (κ1) is 12.0. The van der Waals surface area contributed by atoms with Gasteiger partial charge in [0, 0.05) is 5.39 Å². The summed E-state index contributed by atoms with van der Waals surface area (Å²) in [5.74, 6) is -1.35. The molecule has 4 heteroatoms. The zero-order chi connectivity index (χ0) is 12.8. The molecule has 1 heterocycles. The molecule has 17 heavy (non-hydrogen) atoms. The Morgan fingerprint density at radius 1 is 1.35 bits per heavy atom. The third-order valence-corrected chi connectivity index (χ3v) is 3.81. The van der Waals surface area contributed by atoms with E-state index in [9.17, 15) is 14.3 Å². The highest BCUT2D eigenvalue weighted by molar-refractivity contribution is 7.21. The van der Waals surface area contributed by atoms with Crippen molar-refractivity contribution in [2.45, 2.75) is 26.2 Å². The van der Waals surface area contributed by atoms with Gasteiger partial charge in [0.2, 0.25) is 0 Å². The predicted molar refractivity (Wildman–Crippen MR) is 67.4 cm³/mol. The van der Waals surface area contributed by atoms with Crippen molar-refractivity contribution in [3.8, 4) is 0 Å². The van der Waals surface area contributed by atoms with E-state index in [1.165, 1.54) is 6.07 Å². The quantitative estimate of drug-likeness (QED) is 0.831. The van der Waals surface area contributed by atoms with Crippen LogP contribution in [0.15, 0.2) is 18.2 Å². The summed E-state index contributed by atoms with van der Waals surface area (Å²) in [6.45, 7) is 5.81. The number of hydrogen-bond donors (Lipinski definition) is 1. The molecule has 0 fully saturated rings. The molecule has 0 atom stereocenters. The average molecular weight is 252 g/mol. The van der Waals surface area contributed by atoms with Crippen LogP contribution in [0.5, 0.6) is 0 Å². The number of carbonyl (C=O) groups is 1. The van der Waals surface area contributed by atoms with Crippen molar-refractivity contribution in [2.75, 3.05) is 0 Å². The van der Waals surface area contributed by atoms with Gasteiger partial charge in [-0.05, 0) is 17.0 Å². The third kappa shape index (κ3) is 1.93. The highest BCUT2D eigenvalue weighted by Gasteiger charge is 2.27. The summed E-state index contributed by atoms with van der Waals surface area (Å²) in [7, 11) is 0. The van der Waals surface area contributed by atoms with Crippen molar-refractivity contribution in [1.82, 2.24) is 0 Å². The lowest BCUT2D eigenvalue weighted by Crippen LogP contribution is -2.14. The van der Waals surface area contributed by atoms with E-state index in [2.05, 4.69) is 0 Å². The number of hydrogen-bond acceptors (Lipinski definition) is 2. The lowest BCUT2D eigenvalue weighted by molar-refractivity contribution is 0.0700. The molecule has 1 aromatic carbocycles. The molecule has 0 unspecified atom stereocenters. The Morgan fingerprint density at radius 3 is 2.53 bits per heavy atom. The van der Waals surface area contributed by atoms with Crippen LogP contribution in [0.1, 0.15) is 36.0 Å². The Bertz CT molecular complexity index is 593. The summed E-state index contributed by atoms with van der Waals surface area (Å²) >= 11 is 1.01. The maximum absolute atomic E-state index is 13.6. The minimum Gasteiger partial charge on any atom is -0.477 e. The molecule has 2 rings (SSSR count). The number of thiophene rings is 1. The van der Waals surface area contributed by atoms with Gasteiger partial charge in [0.05, 0.1) is 4.70 Å². The van der Waals surface area contributed by atoms with Crippen LogP contribution in [0.4, 0.5) is 4.39 Å². The van der Waals surface area contributed by atoms with Gasteiger partial charge >= 0.3 is 5.97 Å². The molecule has 0 spiro atoms. The Kier molecular flexibility index (Phi) is 2.70. The van der Waals surface area contributed by atoms with Crippen LogP contribution in [0, 0.1) is 5.82 Å². The molecule has 1 aromatic heterocycles. The number of fused-ring (bicyclic) bond motifs is 1. The molecule has 2 aromatic rings. The van der Waals surface area contributed by atoms with E-state index in [0.29, 0.717) is 15.6 Å². The van der Waals surface area contributed by atoms with Gasteiger partial charge in [0.1, 0.15) is 10.7 Å². The maximum Gasteiger partial charge on any atom is 0.346 e. The fourth-order valence-electron chi connectivity index (χ4n) is 1.98. The van der Waals surface area contributed by atoms with Gasteiger partial charge in [-0.1, -0.05) is 32.9 Å². The van der Waals surface area contributed by atoms with Crippen molar-refractivity contribution in [1.29, 1.82) is 0 Å². The van der Waals surface area contributed by atoms with E-state index in [0.717, 1.165) is 11.3 Å². The van der Waals surface area contributed by atoms with Gasteiger partial charge in [0.15, 0.2) is 0 Å². The van der Waals surface area contributed by atoms with Crippen LogP contribution >= 0.6 is 11.3 Å². The standard InChI is InChI=1S/C13H13FO2S/c1-13(2,3)9-7-5-4-6-8(14)10(7)17-11(9)12(15)16/h4-6H,1-3H3,(H,15,16). The van der Waals surface area contributed by atoms with Crippen LogP contribution in [0.3, 0.4) is 0 Å². The number of rotatable bonds is 1. The fraction of sp³-hybridized carbons (Fsp3) is 0.308. The number of benzene rings is 1. The molecular formula is C13H13FO2S. The number of aromatic carboxylic acids is 1. The second-order valence-electron chi connectivity index (χ2n) is 4.98. The Balaban J connectivity index is 2.91. The van der Waals surface area contributed by atoms with E-state index >= 15 is 0 Å². The SMILES string of the molecule is CC(C)(C)c1c(C(=O)O)sc2c(F)cccc12. The molecule has 90 valence electrons. The van der Waals surface area contributed by atoms with E-state index in [4.69, 9.17) is 0 Å². The summed E-state index contributed by atoms with van der Waals surface area (Å²) < 4.78 is 14.1. The first-order chi connectivity index (χ1) is 7.82. The Hall–Kier alpha value is -1.42. The first-order valence-electron chi connectivity index (χ1n) is 5.27. The summed E-state index contributed by atoms with van der Waals surface area (Å²) in [5, 5.41) is 9.92. The number of halogens is 1. The first-order valence-corrected chi connectivity index (χ1v) is 6.09. The van der Waals surface area contributed by atoms with Gasteiger partial charge in [-0.2, -0.15) is 0 Å². The highest BCUT2D eigenvalue weighted by Crippen LogP contribution is 2.39. The van der Waals surface area contributed by atoms with Crippen molar-refractivity contribution < 1.29 is 14.3 Å². The van der Waals surface area contributed by atoms with Gasteiger partial charge in [-0.25, -0.2) is 9.18 Å². The molecule has 0 aliphatic rings. The van der Waals surface area contributed by atoms with Crippen molar-refractivity contribution in [2.24, 2.45) is 0 Å². The van der Waals surface area contributed by atoms with E-state index in [1.807, 2.05) is 20.8 Å². The van der Waals surface area contributed by atoms with Crippen LogP contribution in [0.2, 0.25) is 0 Å². The minimum atomic E-state index is -0.990. The predicted octanol–water partition coefficient (Wildman–Crippen LogP) is 4.04. The van der Waals surface area contributed by atoms with E-state index in [1.54, 1.807) is 12.1 Å². The molecule has 0 aliphatic heterocycles. The van der Waals surface area contributed by atoms with Gasteiger partial charge in [-0.3, -0.25) is 0 Å². The monoisotopic (exact) mass is 252 g/mol. The smallest absolute Gasteiger partial charge is 0.346 e. The third-order valence-electron chi connectivity index (χ3n) is 2.61. The summed E-state index contributed by atoms with van der Waals surface area (Å²) in [4.78, 5) is 11.5. The topological polar surface area (TPSA) is 37.3 Å². The fourth-order valence-corrected chi connectivity index (χ4v) is 3.24. The molecule has 2 nitrogen and oxygen atoms in total. The minimum absolute atomic E-state index is 0.234. The number of carboxylic acids is 1. The maximum atomic E-state index is 13.6. The normalized spacial score (nSPS) is 12.0. The largest absolute Gasteiger partial charge is 0.477 e. The Labute approximate surface area is 103 Å². The van der Waals surface area contributed by atoms with Crippen molar-refractivity contribution in [3.63, 3.8) is 0 Å². The molecule has 0 amide bonds. The van der Waals surface area contributed by atoms with Crippen LogP contribution in [0.25, 0.3) is 10.1 Å². The van der Waals surface area contributed by atoms with Gasteiger partial charge < -0.3 is 5.11 Å². The van der Waals surface area contributed by atoms with Crippen molar-refractivity contribution >= 4 is 27.4 Å². The molecule has 0 radical (unpaired) electrons. The molecule has 0 saturated heterocycles. The summed E-state index contributed by atoms with van der Waals surface area (Å²) in [5.41, 5.74) is 0.393. The summed E-state index contributed by atoms with van der Waals surface area (Å²) in [6.07, 6.45) is 0. The molecule has 1 N–H and O–H groups in total. The van der Waals surface area contributed by atoms with Gasteiger partial charge in [0.25, 0.3) is 0 Å². The zero-order valence-electron chi connectivity index (χ0n) is 9.87. The molecule has 0 aliphatic carbocycles. The Morgan fingerprint density at radius 2 is 2.00 bits per heavy atom. The number of carboxylic acid groups (broad SMARTS) is 1. The van der Waals surface area contributed by atoms with Crippen LogP contribution in [-0.2, 0) is 5.41 Å². The lowest BCUT2D eigenvalue weighted by Gasteiger charge is -2.19. The summed E-state index contributed by atoms with van der Waals surface area (Å²) in [6, 6.07) is 4.75. The average Bonchev–Trinajstić information content (AvgIpc) is 2.57. The van der Waals surface area contributed by atoms with Gasteiger partial charge in [-0.15, -0.1) is 11.3 Å². The van der Waals surface area contributed by atoms with Crippen LogP contribution < -0.4 is 0 Å². The molecule has 0 bridgehead atoms. The van der Waals surface area contributed by atoms with Crippen molar-refractivity contribution in [3.05, 3.63) is 34.5 Å². The van der Waals surface area contributed by atoms with E-state index in [-0.39, 0.29) is 16.1 Å².